The van der Waals surface area contributed by atoms with Crippen molar-refractivity contribution in [2.24, 2.45) is 0 Å². The maximum atomic E-state index is 12.3. The SMILES string of the molecule is CCNc1ncc(S(=O)(=O)NCC(CC)(CC)SC)cn1. The molecule has 1 heterocycles. The molecule has 0 aliphatic heterocycles. The van der Waals surface area contributed by atoms with E-state index >= 15 is 0 Å². The molecule has 1 rings (SSSR count). The fourth-order valence-electron chi connectivity index (χ4n) is 1.88. The van der Waals surface area contributed by atoms with Crippen molar-refractivity contribution in [2.45, 2.75) is 43.3 Å². The number of thioether (sulfide) groups is 1. The van der Waals surface area contributed by atoms with Crippen LogP contribution in [-0.4, -0.2) is 42.5 Å². The van der Waals surface area contributed by atoms with Gasteiger partial charge in [0.05, 0.1) is 12.4 Å². The molecule has 0 aromatic carbocycles. The van der Waals surface area contributed by atoms with Crippen LogP contribution in [0.1, 0.15) is 33.6 Å². The van der Waals surface area contributed by atoms with Crippen molar-refractivity contribution in [2.75, 3.05) is 24.7 Å². The van der Waals surface area contributed by atoms with Crippen molar-refractivity contribution in [3.63, 3.8) is 0 Å². The molecule has 0 aliphatic carbocycles. The van der Waals surface area contributed by atoms with E-state index in [4.69, 9.17) is 0 Å². The van der Waals surface area contributed by atoms with Gasteiger partial charge in [0.1, 0.15) is 4.90 Å². The summed E-state index contributed by atoms with van der Waals surface area (Å²) < 4.78 is 27.1. The smallest absolute Gasteiger partial charge is 0.243 e. The zero-order valence-corrected chi connectivity index (χ0v) is 14.6. The summed E-state index contributed by atoms with van der Waals surface area (Å²) in [5, 5.41) is 2.93. The number of hydrogen-bond acceptors (Lipinski definition) is 6. The summed E-state index contributed by atoms with van der Waals surface area (Å²) in [5.74, 6) is 0.428. The first kappa shape index (κ1) is 18.2. The summed E-state index contributed by atoms with van der Waals surface area (Å²) in [5.41, 5.74) is 0. The highest BCUT2D eigenvalue weighted by molar-refractivity contribution is 8.00. The van der Waals surface area contributed by atoms with Gasteiger partial charge in [0, 0.05) is 17.8 Å². The van der Waals surface area contributed by atoms with Gasteiger partial charge < -0.3 is 5.32 Å². The van der Waals surface area contributed by atoms with Crippen molar-refractivity contribution in [1.82, 2.24) is 14.7 Å². The van der Waals surface area contributed by atoms with E-state index < -0.39 is 10.0 Å². The Balaban J connectivity index is 2.81. The van der Waals surface area contributed by atoms with Gasteiger partial charge >= 0.3 is 0 Å². The fraction of sp³-hybridized carbons (Fsp3) is 0.692. The van der Waals surface area contributed by atoms with Gasteiger partial charge in [-0.25, -0.2) is 23.1 Å². The molecule has 0 aliphatic rings. The topological polar surface area (TPSA) is 84.0 Å². The van der Waals surface area contributed by atoms with Crippen LogP contribution in [0.5, 0.6) is 0 Å². The Hall–Kier alpha value is -0.860. The molecule has 8 heteroatoms. The molecule has 1 aromatic rings. The van der Waals surface area contributed by atoms with Crippen LogP contribution in [0.25, 0.3) is 0 Å². The lowest BCUT2D eigenvalue weighted by atomic mass is 10.0. The van der Waals surface area contributed by atoms with Crippen LogP contribution >= 0.6 is 11.8 Å². The number of aromatic nitrogens is 2. The minimum atomic E-state index is -3.57. The molecule has 0 fully saturated rings. The van der Waals surface area contributed by atoms with Crippen LogP contribution in [-0.2, 0) is 10.0 Å². The molecule has 6 nitrogen and oxygen atoms in total. The highest BCUT2D eigenvalue weighted by Crippen LogP contribution is 2.29. The highest BCUT2D eigenvalue weighted by atomic mass is 32.2. The molecular weight excluding hydrogens is 308 g/mol. The van der Waals surface area contributed by atoms with E-state index in [9.17, 15) is 8.42 Å². The third-order valence-corrected chi connectivity index (χ3v) is 6.52. The van der Waals surface area contributed by atoms with Crippen LogP contribution in [0, 0.1) is 0 Å². The van der Waals surface area contributed by atoms with E-state index in [-0.39, 0.29) is 9.64 Å². The molecule has 0 amide bonds. The quantitative estimate of drug-likeness (QED) is 0.720. The molecule has 0 unspecified atom stereocenters. The molecule has 0 radical (unpaired) electrons. The minimum Gasteiger partial charge on any atom is -0.355 e. The van der Waals surface area contributed by atoms with Crippen LogP contribution in [0.2, 0.25) is 0 Å². The van der Waals surface area contributed by atoms with Gasteiger partial charge in [-0.3, -0.25) is 0 Å². The van der Waals surface area contributed by atoms with Gasteiger partial charge in [0.25, 0.3) is 0 Å². The Morgan fingerprint density at radius 1 is 1.19 bits per heavy atom. The van der Waals surface area contributed by atoms with Crippen molar-refractivity contribution in [3.05, 3.63) is 12.4 Å². The standard InChI is InChI=1S/C13H24N4O2S2/c1-5-13(6-2,20-4)10-17-21(18,19)11-8-15-12(14-7-3)16-9-11/h8-9,17H,5-7,10H2,1-4H3,(H,14,15,16). The first-order valence-corrected chi connectivity index (χ1v) is 9.74. The number of nitrogens with zero attached hydrogens (tertiary/aromatic N) is 2. The Kier molecular flexibility index (Phi) is 6.89. The first-order valence-electron chi connectivity index (χ1n) is 7.03. The van der Waals surface area contributed by atoms with Gasteiger partial charge in [-0.1, -0.05) is 13.8 Å². The second kappa shape index (κ2) is 7.95. The van der Waals surface area contributed by atoms with Crippen LogP contribution in [0.3, 0.4) is 0 Å². The van der Waals surface area contributed by atoms with E-state index in [0.717, 1.165) is 12.8 Å². The Morgan fingerprint density at radius 3 is 2.19 bits per heavy atom. The number of sulfonamides is 1. The van der Waals surface area contributed by atoms with E-state index in [1.807, 2.05) is 13.2 Å². The lowest BCUT2D eigenvalue weighted by Crippen LogP contribution is -2.39. The molecule has 0 atom stereocenters. The zero-order valence-electron chi connectivity index (χ0n) is 13.0. The minimum absolute atomic E-state index is 0.0718. The highest BCUT2D eigenvalue weighted by Gasteiger charge is 2.27. The fourth-order valence-corrected chi connectivity index (χ4v) is 3.78. The molecule has 0 spiro atoms. The number of rotatable bonds is 9. The summed E-state index contributed by atoms with van der Waals surface area (Å²) in [7, 11) is -3.57. The first-order chi connectivity index (χ1) is 9.93. The predicted molar refractivity (Wildman–Crippen MR) is 88.2 cm³/mol. The van der Waals surface area contributed by atoms with Gasteiger partial charge in [0.15, 0.2) is 0 Å². The molecule has 0 bridgehead atoms. The maximum Gasteiger partial charge on any atom is 0.243 e. The zero-order chi connectivity index (χ0) is 15.9. The molecular formula is C13H24N4O2S2. The summed E-state index contributed by atoms with van der Waals surface area (Å²) in [6, 6.07) is 0. The molecule has 2 N–H and O–H groups in total. The number of nitrogens with one attached hydrogen (secondary N) is 2. The average molecular weight is 332 g/mol. The molecule has 120 valence electrons. The van der Waals surface area contributed by atoms with E-state index in [2.05, 4.69) is 33.9 Å². The molecule has 0 saturated heterocycles. The average Bonchev–Trinajstić information content (AvgIpc) is 2.50. The normalized spacial score (nSPS) is 12.4. The predicted octanol–water partition coefficient (Wildman–Crippen LogP) is 2.11. The lowest BCUT2D eigenvalue weighted by molar-refractivity contribution is 0.521. The summed E-state index contributed by atoms with van der Waals surface area (Å²) in [6.07, 6.45) is 6.47. The van der Waals surface area contributed by atoms with Crippen molar-refractivity contribution in [1.29, 1.82) is 0 Å². The van der Waals surface area contributed by atoms with E-state index in [1.165, 1.54) is 12.4 Å². The number of hydrogen-bond donors (Lipinski definition) is 2. The van der Waals surface area contributed by atoms with Gasteiger partial charge in [-0.05, 0) is 26.0 Å². The van der Waals surface area contributed by atoms with Gasteiger partial charge in [-0.15, -0.1) is 0 Å². The van der Waals surface area contributed by atoms with Crippen molar-refractivity contribution < 1.29 is 8.42 Å². The maximum absolute atomic E-state index is 12.3. The third-order valence-electron chi connectivity index (χ3n) is 3.58. The van der Waals surface area contributed by atoms with Crippen LogP contribution in [0.4, 0.5) is 5.95 Å². The third kappa shape index (κ3) is 4.82. The van der Waals surface area contributed by atoms with Crippen molar-refractivity contribution >= 4 is 27.7 Å². The molecule has 1 aromatic heterocycles. The summed E-state index contributed by atoms with van der Waals surface area (Å²) >= 11 is 1.69. The van der Waals surface area contributed by atoms with E-state index in [0.29, 0.717) is 19.0 Å². The second-order valence-corrected chi connectivity index (χ2v) is 7.73. The molecule has 0 saturated carbocycles. The summed E-state index contributed by atoms with van der Waals surface area (Å²) in [4.78, 5) is 8.08. The lowest BCUT2D eigenvalue weighted by Gasteiger charge is -2.29. The second-order valence-electron chi connectivity index (χ2n) is 4.69. The Bertz CT molecular complexity index is 519. The summed E-state index contributed by atoms with van der Waals surface area (Å²) in [6.45, 7) is 7.16. The van der Waals surface area contributed by atoms with E-state index in [1.54, 1.807) is 11.8 Å². The van der Waals surface area contributed by atoms with Gasteiger partial charge in [0.2, 0.25) is 16.0 Å². The number of anilines is 1. The van der Waals surface area contributed by atoms with Gasteiger partial charge in [-0.2, -0.15) is 11.8 Å². The Labute approximate surface area is 131 Å². The largest absolute Gasteiger partial charge is 0.355 e. The van der Waals surface area contributed by atoms with Crippen molar-refractivity contribution in [3.8, 4) is 0 Å². The molecule has 21 heavy (non-hydrogen) atoms. The monoisotopic (exact) mass is 332 g/mol. The van der Waals surface area contributed by atoms with Crippen LogP contribution < -0.4 is 10.0 Å². The Morgan fingerprint density at radius 2 is 1.76 bits per heavy atom. The van der Waals surface area contributed by atoms with Crippen LogP contribution in [0.15, 0.2) is 17.3 Å².